The van der Waals surface area contributed by atoms with E-state index in [2.05, 4.69) is 4.90 Å². The molecule has 3 N–H and O–H groups in total. The first kappa shape index (κ1) is 11.3. The van der Waals surface area contributed by atoms with Gasteiger partial charge in [0.25, 0.3) is 0 Å². The molecule has 1 rings (SSSR count). The van der Waals surface area contributed by atoms with Crippen molar-refractivity contribution >= 4 is 6.09 Å². The first-order chi connectivity index (χ1) is 6.30. The number of nitrogens with two attached hydrogens (primary N) is 1. The summed E-state index contributed by atoms with van der Waals surface area (Å²) < 4.78 is 4.80. The summed E-state index contributed by atoms with van der Waals surface area (Å²) in [5.41, 5.74) is 4.87. The number of β-amino-alcohol motifs (C(OH)–C–C–N with tert-alkyl or cyclic N) is 1. The van der Waals surface area contributed by atoms with Crippen LogP contribution in [0.3, 0.4) is 0 Å². The molecule has 1 aliphatic rings. The lowest BCUT2D eigenvalue weighted by molar-refractivity contribution is 0.0374. The minimum absolute atomic E-state index is 0.0310. The van der Waals surface area contributed by atoms with E-state index in [9.17, 15) is 9.90 Å². The lowest BCUT2D eigenvalue weighted by Crippen LogP contribution is -2.40. The van der Waals surface area contributed by atoms with Gasteiger partial charge in [0.1, 0.15) is 12.2 Å². The van der Waals surface area contributed by atoms with Crippen molar-refractivity contribution in [2.45, 2.75) is 38.5 Å². The minimum atomic E-state index is -0.829. The quantitative estimate of drug-likeness (QED) is 0.624. The van der Waals surface area contributed by atoms with Gasteiger partial charge in [0.2, 0.25) is 0 Å². The molecule has 0 spiro atoms. The molecule has 1 fully saturated rings. The van der Waals surface area contributed by atoms with Gasteiger partial charge in [-0.1, -0.05) is 0 Å². The Balaban J connectivity index is 2.56. The van der Waals surface area contributed by atoms with Gasteiger partial charge in [0.05, 0.1) is 0 Å². The maximum atomic E-state index is 10.5. The molecule has 0 unspecified atom stereocenters. The van der Waals surface area contributed by atoms with Crippen LogP contribution >= 0.6 is 0 Å². The molecule has 1 heterocycles. The number of aliphatic hydroxyl groups excluding tert-OH is 1. The van der Waals surface area contributed by atoms with Gasteiger partial charge < -0.3 is 15.6 Å². The van der Waals surface area contributed by atoms with Crippen molar-refractivity contribution in [2.75, 3.05) is 13.1 Å². The van der Waals surface area contributed by atoms with Gasteiger partial charge in [-0.15, -0.1) is 0 Å². The fourth-order valence-electron chi connectivity index (χ4n) is 1.57. The van der Waals surface area contributed by atoms with Crippen molar-refractivity contribution in [3.05, 3.63) is 0 Å². The highest BCUT2D eigenvalue weighted by molar-refractivity contribution is 5.64. The van der Waals surface area contributed by atoms with Crippen molar-refractivity contribution in [3.8, 4) is 0 Å². The van der Waals surface area contributed by atoms with Gasteiger partial charge in [0.15, 0.2) is 0 Å². The molecule has 2 atom stereocenters. The van der Waals surface area contributed by atoms with Crippen molar-refractivity contribution in [3.63, 3.8) is 0 Å². The van der Waals surface area contributed by atoms with E-state index in [0.29, 0.717) is 13.1 Å². The third-order valence-electron chi connectivity index (χ3n) is 2.45. The van der Waals surface area contributed by atoms with Crippen molar-refractivity contribution < 1.29 is 14.6 Å². The Hall–Kier alpha value is -0.810. The molecule has 0 aromatic carbocycles. The average molecular weight is 202 g/mol. The Morgan fingerprint density at radius 3 is 2.43 bits per heavy atom. The molecule has 5 heteroatoms. The number of rotatable bonds is 1. The van der Waals surface area contributed by atoms with Crippen LogP contribution in [0.25, 0.3) is 0 Å². The highest BCUT2D eigenvalue weighted by Crippen LogP contribution is 2.22. The maximum absolute atomic E-state index is 10.5. The number of likely N-dealkylation sites (tertiary alicyclic amines) is 1. The molecule has 1 aliphatic heterocycles. The zero-order valence-corrected chi connectivity index (χ0v) is 8.86. The highest BCUT2D eigenvalue weighted by atomic mass is 16.6. The van der Waals surface area contributed by atoms with E-state index in [1.165, 1.54) is 0 Å². The largest absolute Gasteiger partial charge is 0.442 e. The van der Waals surface area contributed by atoms with Crippen LogP contribution in [0, 0.1) is 0 Å². The van der Waals surface area contributed by atoms with E-state index >= 15 is 0 Å². The molecule has 0 saturated carbocycles. The highest BCUT2D eigenvalue weighted by Gasteiger charge is 2.38. The van der Waals surface area contributed by atoms with Crippen LogP contribution in [0.2, 0.25) is 0 Å². The zero-order valence-electron chi connectivity index (χ0n) is 8.86. The Morgan fingerprint density at radius 1 is 1.50 bits per heavy atom. The molecule has 82 valence electrons. The number of nitrogens with zero attached hydrogens (tertiary/aromatic N) is 1. The number of carbonyl (C=O) groups excluding carboxylic acids is 1. The van der Waals surface area contributed by atoms with Crippen LogP contribution in [0.5, 0.6) is 0 Å². The summed E-state index contributed by atoms with van der Waals surface area (Å²) in [6.45, 7) is 7.19. The van der Waals surface area contributed by atoms with E-state index in [0.717, 1.165) is 0 Å². The monoisotopic (exact) mass is 202 g/mol. The van der Waals surface area contributed by atoms with Crippen molar-refractivity contribution in [1.82, 2.24) is 4.90 Å². The van der Waals surface area contributed by atoms with E-state index in [4.69, 9.17) is 10.5 Å². The van der Waals surface area contributed by atoms with E-state index in [-0.39, 0.29) is 5.54 Å². The second-order valence-electron chi connectivity index (χ2n) is 4.62. The summed E-state index contributed by atoms with van der Waals surface area (Å²) in [5, 5.41) is 9.60. The predicted molar refractivity (Wildman–Crippen MR) is 51.8 cm³/mol. The van der Waals surface area contributed by atoms with Crippen LogP contribution < -0.4 is 5.73 Å². The summed E-state index contributed by atoms with van der Waals surface area (Å²) in [7, 11) is 0. The third kappa shape index (κ3) is 2.59. The van der Waals surface area contributed by atoms with E-state index in [1.807, 2.05) is 20.8 Å². The average Bonchev–Trinajstić information content (AvgIpc) is 2.30. The standard InChI is InChI=1S/C9H18N2O3/c1-9(2,3)11-4-6(12)7(5-11)14-8(10)13/h6-7,12H,4-5H2,1-3H3,(H2,10,13)/t6-,7-/m1/s1. The number of carbonyl (C=O) groups is 1. The molecular weight excluding hydrogens is 184 g/mol. The van der Waals surface area contributed by atoms with Crippen molar-refractivity contribution in [2.24, 2.45) is 5.73 Å². The van der Waals surface area contributed by atoms with Crippen LogP contribution in [0.1, 0.15) is 20.8 Å². The molecule has 0 radical (unpaired) electrons. The van der Waals surface area contributed by atoms with Gasteiger partial charge in [-0.3, -0.25) is 4.90 Å². The van der Waals surface area contributed by atoms with Crippen LogP contribution in [0.15, 0.2) is 0 Å². The third-order valence-corrected chi connectivity index (χ3v) is 2.45. The lowest BCUT2D eigenvalue weighted by Gasteiger charge is -2.31. The molecule has 0 aliphatic carbocycles. The Labute approximate surface area is 83.8 Å². The number of ether oxygens (including phenoxy) is 1. The first-order valence-electron chi connectivity index (χ1n) is 4.70. The predicted octanol–water partition coefficient (Wildman–Crippen LogP) is -0.0747. The molecule has 14 heavy (non-hydrogen) atoms. The SMILES string of the molecule is CC(C)(C)N1C[C@@H](O)[C@H](OC(N)=O)C1. The Bertz CT molecular complexity index is 225. The topological polar surface area (TPSA) is 75.8 Å². The smallest absolute Gasteiger partial charge is 0.404 e. The fourth-order valence-corrected chi connectivity index (χ4v) is 1.57. The van der Waals surface area contributed by atoms with Gasteiger partial charge in [-0.05, 0) is 20.8 Å². The Morgan fingerprint density at radius 2 is 2.07 bits per heavy atom. The first-order valence-corrected chi connectivity index (χ1v) is 4.70. The summed E-state index contributed by atoms with van der Waals surface area (Å²) in [6.07, 6.45) is -1.96. The molecule has 1 amide bonds. The summed E-state index contributed by atoms with van der Waals surface area (Å²) >= 11 is 0. The number of hydrogen-bond donors (Lipinski definition) is 2. The normalized spacial score (nSPS) is 29.1. The molecule has 0 bridgehead atoms. The number of hydrogen-bond acceptors (Lipinski definition) is 4. The van der Waals surface area contributed by atoms with Crippen LogP contribution in [-0.2, 0) is 4.74 Å². The second-order valence-corrected chi connectivity index (χ2v) is 4.62. The maximum Gasteiger partial charge on any atom is 0.404 e. The lowest BCUT2D eigenvalue weighted by atomic mass is 10.1. The van der Waals surface area contributed by atoms with Gasteiger partial charge >= 0.3 is 6.09 Å². The van der Waals surface area contributed by atoms with Gasteiger partial charge in [-0.2, -0.15) is 0 Å². The molecular formula is C9H18N2O3. The van der Waals surface area contributed by atoms with Crippen LogP contribution in [0.4, 0.5) is 4.79 Å². The van der Waals surface area contributed by atoms with Crippen LogP contribution in [-0.4, -0.2) is 46.9 Å². The summed E-state index contributed by atoms with van der Waals surface area (Å²) in [6, 6.07) is 0. The number of aliphatic hydroxyl groups is 1. The summed E-state index contributed by atoms with van der Waals surface area (Å²) in [4.78, 5) is 12.6. The van der Waals surface area contributed by atoms with E-state index < -0.39 is 18.3 Å². The molecule has 1 saturated heterocycles. The summed E-state index contributed by atoms with van der Waals surface area (Å²) in [5.74, 6) is 0. The van der Waals surface area contributed by atoms with Gasteiger partial charge in [-0.25, -0.2) is 4.79 Å². The van der Waals surface area contributed by atoms with E-state index in [1.54, 1.807) is 0 Å². The fraction of sp³-hybridized carbons (Fsp3) is 0.889. The molecule has 0 aromatic rings. The second kappa shape index (κ2) is 3.74. The number of amides is 1. The van der Waals surface area contributed by atoms with Crippen molar-refractivity contribution in [1.29, 1.82) is 0 Å². The number of primary amides is 1. The van der Waals surface area contributed by atoms with Gasteiger partial charge in [0, 0.05) is 18.6 Å². The zero-order chi connectivity index (χ0) is 10.9. The minimum Gasteiger partial charge on any atom is -0.442 e. The molecule has 0 aromatic heterocycles. The Kier molecular flexibility index (Phi) is 3.01. The molecule has 5 nitrogen and oxygen atoms in total.